The van der Waals surface area contributed by atoms with Crippen LogP contribution in [0, 0.1) is 13.8 Å². The molecule has 0 fully saturated rings. The fourth-order valence-electron chi connectivity index (χ4n) is 4.59. The lowest BCUT2D eigenvalue weighted by atomic mass is 10.0. The number of pyridine rings is 1. The van der Waals surface area contributed by atoms with Gasteiger partial charge in [0.15, 0.2) is 0 Å². The third-order valence-electron chi connectivity index (χ3n) is 6.30. The lowest BCUT2D eigenvalue weighted by molar-refractivity contribution is -0.112. The molecule has 8 heteroatoms. The number of hydrogen-bond donors (Lipinski definition) is 2. The van der Waals surface area contributed by atoms with Crippen LogP contribution in [0.1, 0.15) is 27.4 Å². The minimum Gasteiger partial charge on any atom is -0.476 e. The first-order valence-corrected chi connectivity index (χ1v) is 12.6. The normalized spacial score (nSPS) is 12.5. The number of Topliss-reactive ketones (excluding diaryl/α,β-unsaturated/α-hetero) is 1. The third-order valence-corrected chi connectivity index (χ3v) is 6.30. The second-order valence-electron chi connectivity index (χ2n) is 9.23. The lowest BCUT2D eigenvalue weighted by Gasteiger charge is -2.18. The van der Waals surface area contributed by atoms with E-state index in [2.05, 4.69) is 15.6 Å². The van der Waals surface area contributed by atoms with Gasteiger partial charge in [0.25, 0.3) is 11.7 Å². The van der Waals surface area contributed by atoms with Crippen molar-refractivity contribution in [1.82, 2.24) is 9.55 Å². The molecule has 2 aromatic heterocycles. The summed E-state index contributed by atoms with van der Waals surface area (Å²) in [5, 5.41) is 6.03. The van der Waals surface area contributed by atoms with Crippen LogP contribution < -0.4 is 15.4 Å². The number of carbonyl (C=O) groups excluding carboxylic acids is 2. The molecule has 1 aliphatic rings. The van der Waals surface area contributed by atoms with Gasteiger partial charge in [0, 0.05) is 47.5 Å². The molecule has 0 saturated heterocycles. The Kier molecular flexibility index (Phi) is 7.51. The molecular weight excluding hydrogens is 480 g/mol. The van der Waals surface area contributed by atoms with E-state index in [1.807, 2.05) is 79.1 Å². The van der Waals surface area contributed by atoms with Gasteiger partial charge in [-0.25, -0.2) is 4.98 Å². The van der Waals surface area contributed by atoms with Crippen LogP contribution in [0.3, 0.4) is 0 Å². The average Bonchev–Trinajstić information content (AvgIpc) is 3.31. The van der Waals surface area contributed by atoms with Crippen molar-refractivity contribution in [3.8, 4) is 17.0 Å². The van der Waals surface area contributed by atoms with Gasteiger partial charge in [-0.1, -0.05) is 30.3 Å². The molecule has 0 aliphatic carbocycles. The Morgan fingerprint density at radius 3 is 2.53 bits per heavy atom. The molecule has 0 radical (unpaired) electrons. The number of anilines is 2. The topological polar surface area (TPSA) is 94.5 Å². The van der Waals surface area contributed by atoms with E-state index in [1.165, 1.54) is 0 Å². The van der Waals surface area contributed by atoms with Crippen molar-refractivity contribution in [2.75, 3.05) is 30.4 Å². The van der Waals surface area contributed by atoms with Gasteiger partial charge in [-0.2, -0.15) is 0 Å². The Hall–Kier alpha value is -4.43. The van der Waals surface area contributed by atoms with E-state index < -0.39 is 11.7 Å². The van der Waals surface area contributed by atoms with E-state index >= 15 is 0 Å². The monoisotopic (exact) mass is 510 g/mol. The van der Waals surface area contributed by atoms with Gasteiger partial charge >= 0.3 is 0 Å². The first kappa shape index (κ1) is 25.2. The molecule has 0 atom stereocenters. The van der Waals surface area contributed by atoms with E-state index in [0.717, 1.165) is 33.8 Å². The number of nitrogens with zero attached hydrogens (tertiary/aromatic N) is 2. The van der Waals surface area contributed by atoms with Gasteiger partial charge in [-0.05, 0) is 61.4 Å². The standard InChI is InChI=1S/C30H30N4O4/c1-20-16-21(2)32-27(17-20)38-14-12-31-23-8-10-24(11-9-23)33-30(36)29(35)28-26(22-6-4-3-5-7-22)18-25-19-37-15-13-34(25)28/h3-11,16-18,31H,12-15,19H2,1-2H3,(H,33,36). The number of aromatic nitrogens is 2. The van der Waals surface area contributed by atoms with Gasteiger partial charge in [0.1, 0.15) is 12.3 Å². The summed E-state index contributed by atoms with van der Waals surface area (Å²) in [6.45, 7) is 6.43. The zero-order chi connectivity index (χ0) is 26.5. The summed E-state index contributed by atoms with van der Waals surface area (Å²) < 4.78 is 13.2. The quantitative estimate of drug-likeness (QED) is 0.187. The van der Waals surface area contributed by atoms with Crippen molar-refractivity contribution in [2.45, 2.75) is 27.0 Å². The minimum atomic E-state index is -0.676. The predicted octanol–water partition coefficient (Wildman–Crippen LogP) is 5.01. The van der Waals surface area contributed by atoms with Crippen LogP contribution in [0.2, 0.25) is 0 Å². The Morgan fingerprint density at radius 1 is 1.00 bits per heavy atom. The number of ketones is 1. The van der Waals surface area contributed by atoms with Crippen molar-refractivity contribution in [3.63, 3.8) is 0 Å². The molecule has 2 N–H and O–H groups in total. The summed E-state index contributed by atoms with van der Waals surface area (Å²) in [7, 11) is 0. The summed E-state index contributed by atoms with van der Waals surface area (Å²) in [6, 6.07) is 22.7. The van der Waals surface area contributed by atoms with Gasteiger partial charge in [0.05, 0.1) is 13.2 Å². The van der Waals surface area contributed by atoms with Crippen LogP contribution in [0.4, 0.5) is 11.4 Å². The molecule has 2 aromatic carbocycles. The molecule has 5 rings (SSSR count). The Balaban J connectivity index is 1.21. The van der Waals surface area contributed by atoms with Crippen LogP contribution in [0.5, 0.6) is 5.88 Å². The summed E-state index contributed by atoms with van der Waals surface area (Å²) in [6.07, 6.45) is 0. The number of rotatable bonds is 9. The van der Waals surface area contributed by atoms with Crippen molar-refractivity contribution in [3.05, 3.63) is 95.4 Å². The molecule has 0 bridgehead atoms. The number of fused-ring (bicyclic) bond motifs is 1. The van der Waals surface area contributed by atoms with E-state index in [4.69, 9.17) is 9.47 Å². The van der Waals surface area contributed by atoms with E-state index in [1.54, 1.807) is 12.1 Å². The lowest BCUT2D eigenvalue weighted by Crippen LogP contribution is -2.28. The number of carbonyl (C=O) groups is 2. The first-order valence-electron chi connectivity index (χ1n) is 12.6. The van der Waals surface area contributed by atoms with E-state index in [9.17, 15) is 9.59 Å². The molecule has 194 valence electrons. The molecular formula is C30H30N4O4. The Bertz CT molecular complexity index is 1430. The van der Waals surface area contributed by atoms with Crippen LogP contribution in [0.15, 0.2) is 72.8 Å². The third kappa shape index (κ3) is 5.76. The molecule has 1 amide bonds. The number of hydrogen-bond acceptors (Lipinski definition) is 6. The highest BCUT2D eigenvalue weighted by Gasteiger charge is 2.28. The van der Waals surface area contributed by atoms with Crippen LogP contribution in [-0.2, 0) is 22.7 Å². The first-order chi connectivity index (χ1) is 18.5. The highest BCUT2D eigenvalue weighted by atomic mass is 16.5. The molecule has 0 saturated carbocycles. The number of nitrogens with one attached hydrogen (secondary N) is 2. The van der Waals surface area contributed by atoms with Crippen molar-refractivity contribution >= 4 is 23.1 Å². The highest BCUT2D eigenvalue weighted by Crippen LogP contribution is 2.30. The van der Waals surface area contributed by atoms with Gasteiger partial charge in [0.2, 0.25) is 5.88 Å². The maximum absolute atomic E-state index is 13.4. The van der Waals surface area contributed by atoms with Crippen LogP contribution in [-0.4, -0.2) is 41.0 Å². The van der Waals surface area contributed by atoms with Gasteiger partial charge in [-0.3, -0.25) is 9.59 Å². The second kappa shape index (κ2) is 11.3. The number of amides is 1. The maximum atomic E-state index is 13.4. The number of aryl methyl sites for hydroxylation is 2. The zero-order valence-electron chi connectivity index (χ0n) is 21.5. The molecule has 0 spiro atoms. The van der Waals surface area contributed by atoms with Crippen LogP contribution in [0.25, 0.3) is 11.1 Å². The largest absolute Gasteiger partial charge is 0.476 e. The Labute approximate surface area is 221 Å². The predicted molar refractivity (Wildman–Crippen MR) is 147 cm³/mol. The van der Waals surface area contributed by atoms with E-state index in [-0.39, 0.29) is 0 Å². The van der Waals surface area contributed by atoms with Crippen LogP contribution >= 0.6 is 0 Å². The number of ether oxygens (including phenoxy) is 2. The van der Waals surface area contributed by atoms with Crippen molar-refractivity contribution < 1.29 is 19.1 Å². The summed E-state index contributed by atoms with van der Waals surface area (Å²) in [4.78, 5) is 30.8. The number of benzene rings is 2. The molecule has 1 aliphatic heterocycles. The molecule has 8 nitrogen and oxygen atoms in total. The van der Waals surface area contributed by atoms with E-state index in [0.29, 0.717) is 50.2 Å². The van der Waals surface area contributed by atoms with Gasteiger partial charge < -0.3 is 24.7 Å². The molecule has 4 aromatic rings. The summed E-state index contributed by atoms with van der Waals surface area (Å²) >= 11 is 0. The molecule has 0 unspecified atom stereocenters. The SMILES string of the molecule is Cc1cc(C)nc(OCCNc2ccc(NC(=O)C(=O)c3c(-c4ccccc4)cc4n3CCOC4)cc2)c1. The van der Waals surface area contributed by atoms with Gasteiger partial charge in [-0.15, -0.1) is 0 Å². The molecule has 38 heavy (non-hydrogen) atoms. The second-order valence-corrected chi connectivity index (χ2v) is 9.23. The highest BCUT2D eigenvalue weighted by molar-refractivity contribution is 6.47. The minimum absolute atomic E-state index is 0.392. The van der Waals surface area contributed by atoms with Crippen molar-refractivity contribution in [1.29, 1.82) is 0 Å². The molecule has 3 heterocycles. The average molecular weight is 511 g/mol. The fraction of sp³-hybridized carbons (Fsp3) is 0.233. The zero-order valence-corrected chi connectivity index (χ0v) is 21.5. The smallest absolute Gasteiger partial charge is 0.298 e. The summed E-state index contributed by atoms with van der Waals surface area (Å²) in [5.41, 5.74) is 6.35. The summed E-state index contributed by atoms with van der Waals surface area (Å²) in [5.74, 6) is -0.639. The maximum Gasteiger partial charge on any atom is 0.298 e. The van der Waals surface area contributed by atoms with Crippen molar-refractivity contribution in [2.24, 2.45) is 0 Å². The fourth-order valence-corrected chi connectivity index (χ4v) is 4.59. The Morgan fingerprint density at radius 2 is 1.76 bits per heavy atom.